The number of aliphatic hydroxyl groups excluding tert-OH is 1. The first kappa shape index (κ1) is 24.0. The van der Waals surface area contributed by atoms with Crippen LogP contribution in [0.5, 0.6) is 0 Å². The number of aliphatic hydroxyl groups is 1. The normalized spacial score (nSPS) is 20.7. The number of amides is 2. The molecule has 186 valence electrons. The first-order chi connectivity index (χ1) is 16.7. The molecule has 0 bridgehead atoms. The van der Waals surface area contributed by atoms with Gasteiger partial charge in [-0.15, -0.1) is 11.3 Å². The lowest BCUT2D eigenvalue weighted by Gasteiger charge is -2.39. The summed E-state index contributed by atoms with van der Waals surface area (Å²) in [5.74, 6) is -0.328. The Balaban J connectivity index is 1.23. The van der Waals surface area contributed by atoms with E-state index in [0.29, 0.717) is 17.2 Å². The van der Waals surface area contributed by atoms with Gasteiger partial charge in [0.25, 0.3) is 11.8 Å². The van der Waals surface area contributed by atoms with Crippen molar-refractivity contribution < 1.29 is 14.7 Å². The molecule has 2 amide bonds. The highest BCUT2D eigenvalue weighted by Crippen LogP contribution is 2.30. The van der Waals surface area contributed by atoms with E-state index in [2.05, 4.69) is 31.6 Å². The SMILES string of the molecule is Cc1ccc2[nH]c(C(=O)N[C@@H]3CCC[C@H]3NC(=O)c3nc4c(s3)CN(C(C)(C)CO)CC4)cc2c1. The van der Waals surface area contributed by atoms with Gasteiger partial charge in [-0.25, -0.2) is 4.98 Å². The van der Waals surface area contributed by atoms with Gasteiger partial charge in [-0.1, -0.05) is 11.6 Å². The lowest BCUT2D eigenvalue weighted by atomic mass is 10.0. The molecule has 1 saturated carbocycles. The van der Waals surface area contributed by atoms with Crippen LogP contribution in [0.4, 0.5) is 0 Å². The number of rotatable bonds is 6. The maximum Gasteiger partial charge on any atom is 0.280 e. The molecule has 4 N–H and O–H groups in total. The number of nitrogens with one attached hydrogen (secondary N) is 3. The van der Waals surface area contributed by atoms with Crippen LogP contribution in [0.2, 0.25) is 0 Å². The molecule has 1 aliphatic carbocycles. The Morgan fingerprint density at radius 1 is 1.20 bits per heavy atom. The topological polar surface area (TPSA) is 110 Å². The Hall–Kier alpha value is -2.75. The highest BCUT2D eigenvalue weighted by atomic mass is 32.1. The molecular weight excluding hydrogens is 462 g/mol. The summed E-state index contributed by atoms with van der Waals surface area (Å²) in [6, 6.07) is 7.70. The standard InChI is InChI=1S/C26H33N5O3S/c1-15-7-8-17-16(11-15)12-21(27-17)23(33)28-18-5-4-6-19(18)29-24(34)25-30-20-9-10-31(13-22(20)35-25)26(2,3)14-32/h7-8,11-12,18-19,27,32H,4-6,9-10,13-14H2,1-3H3,(H,28,33)(H,29,34)/t18-,19-/m1/s1. The molecule has 5 rings (SSSR count). The van der Waals surface area contributed by atoms with E-state index >= 15 is 0 Å². The summed E-state index contributed by atoms with van der Waals surface area (Å²) in [4.78, 5) is 37.2. The zero-order valence-electron chi connectivity index (χ0n) is 20.5. The van der Waals surface area contributed by atoms with Crippen LogP contribution in [0.3, 0.4) is 0 Å². The van der Waals surface area contributed by atoms with Crippen molar-refractivity contribution in [1.29, 1.82) is 0 Å². The molecule has 0 spiro atoms. The molecule has 1 aliphatic heterocycles. The van der Waals surface area contributed by atoms with Crippen LogP contribution in [0.1, 0.15) is 69.5 Å². The van der Waals surface area contributed by atoms with Gasteiger partial charge in [-0.2, -0.15) is 0 Å². The summed E-state index contributed by atoms with van der Waals surface area (Å²) >= 11 is 1.43. The van der Waals surface area contributed by atoms with E-state index < -0.39 is 0 Å². The summed E-state index contributed by atoms with van der Waals surface area (Å²) in [5, 5.41) is 17.4. The Kier molecular flexibility index (Phi) is 6.41. The largest absolute Gasteiger partial charge is 0.394 e. The summed E-state index contributed by atoms with van der Waals surface area (Å²) in [6.07, 6.45) is 3.37. The van der Waals surface area contributed by atoms with Crippen molar-refractivity contribution in [3.63, 3.8) is 0 Å². The monoisotopic (exact) mass is 495 g/mol. The van der Waals surface area contributed by atoms with E-state index in [1.165, 1.54) is 11.3 Å². The van der Waals surface area contributed by atoms with E-state index in [-0.39, 0.29) is 36.0 Å². The third-order valence-corrected chi connectivity index (χ3v) is 8.42. The predicted molar refractivity (Wildman–Crippen MR) is 137 cm³/mol. The number of benzene rings is 1. The third kappa shape index (κ3) is 4.85. The van der Waals surface area contributed by atoms with Gasteiger partial charge < -0.3 is 20.7 Å². The van der Waals surface area contributed by atoms with Crippen LogP contribution in [-0.4, -0.2) is 62.6 Å². The second-order valence-corrected chi connectivity index (χ2v) is 11.5. The maximum absolute atomic E-state index is 13.1. The molecular formula is C26H33N5O3S. The molecule has 8 nitrogen and oxygen atoms in total. The van der Waals surface area contributed by atoms with Crippen LogP contribution in [0, 0.1) is 6.92 Å². The Morgan fingerprint density at radius 2 is 1.94 bits per heavy atom. The summed E-state index contributed by atoms with van der Waals surface area (Å²) in [5.41, 5.74) is 3.30. The van der Waals surface area contributed by atoms with Crippen LogP contribution in [0.15, 0.2) is 24.3 Å². The minimum Gasteiger partial charge on any atom is -0.394 e. The number of fused-ring (bicyclic) bond motifs is 2. The van der Waals surface area contributed by atoms with Crippen molar-refractivity contribution in [2.75, 3.05) is 13.2 Å². The van der Waals surface area contributed by atoms with Gasteiger partial charge in [0.15, 0.2) is 5.01 Å². The zero-order valence-corrected chi connectivity index (χ0v) is 21.3. The van der Waals surface area contributed by atoms with Crippen LogP contribution in [-0.2, 0) is 13.0 Å². The van der Waals surface area contributed by atoms with Gasteiger partial charge in [0, 0.05) is 52.9 Å². The van der Waals surface area contributed by atoms with Crippen molar-refractivity contribution in [3.05, 3.63) is 51.1 Å². The van der Waals surface area contributed by atoms with Crippen molar-refractivity contribution in [2.45, 2.75) is 70.6 Å². The van der Waals surface area contributed by atoms with Crippen LogP contribution < -0.4 is 10.6 Å². The van der Waals surface area contributed by atoms with E-state index in [1.54, 1.807) is 0 Å². The van der Waals surface area contributed by atoms with Crippen LogP contribution >= 0.6 is 11.3 Å². The first-order valence-electron chi connectivity index (χ1n) is 12.3. The number of aromatic amines is 1. The lowest BCUT2D eigenvalue weighted by Crippen LogP contribution is -2.48. The zero-order chi connectivity index (χ0) is 24.7. The number of hydrogen-bond donors (Lipinski definition) is 4. The second kappa shape index (κ2) is 9.37. The average molecular weight is 496 g/mol. The van der Waals surface area contributed by atoms with Gasteiger partial charge in [-0.3, -0.25) is 14.5 Å². The fraction of sp³-hybridized carbons (Fsp3) is 0.500. The highest BCUT2D eigenvalue weighted by molar-refractivity contribution is 7.13. The smallest absolute Gasteiger partial charge is 0.280 e. The van der Waals surface area contributed by atoms with Gasteiger partial charge in [0.05, 0.1) is 12.3 Å². The van der Waals surface area contributed by atoms with E-state index in [0.717, 1.165) is 59.3 Å². The fourth-order valence-corrected chi connectivity index (χ4v) is 6.09. The summed E-state index contributed by atoms with van der Waals surface area (Å²) < 4.78 is 0. The molecule has 1 aromatic carbocycles. The van der Waals surface area contributed by atoms with Crippen molar-refractivity contribution in [2.24, 2.45) is 0 Å². The van der Waals surface area contributed by atoms with E-state index in [9.17, 15) is 14.7 Å². The van der Waals surface area contributed by atoms with Gasteiger partial charge >= 0.3 is 0 Å². The Labute approximate surface area is 209 Å². The van der Waals surface area contributed by atoms with E-state index in [4.69, 9.17) is 0 Å². The molecule has 9 heteroatoms. The molecule has 3 heterocycles. The average Bonchev–Trinajstić information content (AvgIpc) is 3.56. The van der Waals surface area contributed by atoms with E-state index in [1.807, 2.05) is 39.0 Å². The number of aromatic nitrogens is 2. The highest BCUT2D eigenvalue weighted by Gasteiger charge is 2.34. The number of carbonyl (C=O) groups is 2. The Morgan fingerprint density at radius 3 is 2.69 bits per heavy atom. The number of H-pyrrole nitrogens is 1. The second-order valence-electron chi connectivity index (χ2n) is 10.4. The third-order valence-electron chi connectivity index (χ3n) is 7.34. The maximum atomic E-state index is 13.1. The summed E-state index contributed by atoms with van der Waals surface area (Å²) in [7, 11) is 0. The number of nitrogens with zero attached hydrogens (tertiary/aromatic N) is 2. The Bertz CT molecular complexity index is 1260. The predicted octanol–water partition coefficient (Wildman–Crippen LogP) is 3.14. The molecule has 3 aromatic rings. The minimum atomic E-state index is -0.302. The molecule has 0 radical (unpaired) electrons. The van der Waals surface area contributed by atoms with Gasteiger partial charge in [0.2, 0.25) is 0 Å². The molecule has 35 heavy (non-hydrogen) atoms. The summed E-state index contributed by atoms with van der Waals surface area (Å²) in [6.45, 7) is 7.68. The minimum absolute atomic E-state index is 0.0847. The molecule has 0 unspecified atom stereocenters. The molecule has 2 aromatic heterocycles. The van der Waals surface area contributed by atoms with Crippen molar-refractivity contribution in [3.8, 4) is 0 Å². The van der Waals surface area contributed by atoms with Gasteiger partial charge in [-0.05, 0) is 58.2 Å². The lowest BCUT2D eigenvalue weighted by molar-refractivity contribution is 0.0471. The molecule has 2 atom stereocenters. The molecule has 0 saturated heterocycles. The first-order valence-corrected chi connectivity index (χ1v) is 13.1. The van der Waals surface area contributed by atoms with Crippen molar-refractivity contribution in [1.82, 2.24) is 25.5 Å². The van der Waals surface area contributed by atoms with Gasteiger partial charge in [0.1, 0.15) is 5.69 Å². The quantitative estimate of drug-likeness (QED) is 0.420. The number of thiazole rings is 1. The van der Waals surface area contributed by atoms with Crippen molar-refractivity contribution >= 4 is 34.1 Å². The van der Waals surface area contributed by atoms with Crippen LogP contribution in [0.25, 0.3) is 10.9 Å². The molecule has 1 fully saturated rings. The number of carbonyl (C=O) groups excluding carboxylic acids is 2. The number of aryl methyl sites for hydroxylation is 1. The number of hydrogen-bond acceptors (Lipinski definition) is 6. The fourth-order valence-electron chi connectivity index (χ4n) is 5.07. The molecule has 2 aliphatic rings.